The number of carbonyl (C=O) groups is 1. The monoisotopic (exact) mass is 423 g/mol. The van der Waals surface area contributed by atoms with E-state index in [2.05, 4.69) is 15.2 Å². The van der Waals surface area contributed by atoms with Gasteiger partial charge in [-0.1, -0.05) is 17.3 Å². The van der Waals surface area contributed by atoms with E-state index in [1.54, 1.807) is 16.7 Å². The normalized spacial score (nSPS) is 18.6. The van der Waals surface area contributed by atoms with Crippen molar-refractivity contribution in [3.63, 3.8) is 0 Å². The van der Waals surface area contributed by atoms with Crippen LogP contribution in [0.2, 0.25) is 0 Å². The molecule has 162 valence electrons. The van der Waals surface area contributed by atoms with Gasteiger partial charge in [-0.25, -0.2) is 0 Å². The molecule has 31 heavy (non-hydrogen) atoms. The predicted octanol–water partition coefficient (Wildman–Crippen LogP) is 2.57. The molecule has 1 aromatic carbocycles. The highest BCUT2D eigenvalue weighted by atomic mass is 16.5. The summed E-state index contributed by atoms with van der Waals surface area (Å²) in [4.78, 5) is 19.7. The summed E-state index contributed by atoms with van der Waals surface area (Å²) in [7, 11) is 3.46. The first kappa shape index (κ1) is 19.7. The van der Waals surface area contributed by atoms with Crippen molar-refractivity contribution in [1.82, 2.24) is 24.8 Å². The molecule has 9 heteroatoms. The van der Waals surface area contributed by atoms with Gasteiger partial charge in [-0.05, 0) is 37.8 Å². The van der Waals surface area contributed by atoms with Crippen LogP contribution in [-0.4, -0.2) is 57.5 Å². The number of aromatic nitrogens is 4. The first-order valence-electron chi connectivity index (χ1n) is 10.6. The highest BCUT2D eigenvalue weighted by Gasteiger charge is 2.33. The minimum Gasteiger partial charge on any atom is -0.497 e. The molecule has 1 atom stereocenters. The summed E-state index contributed by atoms with van der Waals surface area (Å²) < 4.78 is 18.3. The van der Waals surface area contributed by atoms with E-state index < -0.39 is 6.10 Å². The van der Waals surface area contributed by atoms with Gasteiger partial charge in [0.15, 0.2) is 6.10 Å². The molecule has 0 N–H and O–H groups in total. The standard InChI is InChI=1S/C22H25N5O4/c1-26-19(16-8-3-4-9-17(16)24-26)22(28)27-10-11-30-18(13-27)21-23-20(25-31-21)14-6-5-7-15(12-14)29-2/h5-7,12,18H,3-4,8-11,13H2,1-2H3. The van der Waals surface area contributed by atoms with Gasteiger partial charge in [0.25, 0.3) is 11.8 Å². The third-order valence-corrected chi connectivity index (χ3v) is 5.92. The smallest absolute Gasteiger partial charge is 0.272 e. The number of ether oxygens (including phenoxy) is 2. The van der Waals surface area contributed by atoms with Gasteiger partial charge in [-0.3, -0.25) is 9.48 Å². The second kappa shape index (κ2) is 8.14. The van der Waals surface area contributed by atoms with Crippen molar-refractivity contribution < 1.29 is 18.8 Å². The molecule has 0 radical (unpaired) electrons. The topological polar surface area (TPSA) is 95.5 Å². The van der Waals surface area contributed by atoms with Crippen LogP contribution in [0.3, 0.4) is 0 Å². The molecule has 2 aromatic heterocycles. The number of morpholine rings is 1. The van der Waals surface area contributed by atoms with Crippen molar-refractivity contribution in [2.45, 2.75) is 31.8 Å². The Balaban J connectivity index is 1.35. The molecular weight excluding hydrogens is 398 g/mol. The number of methoxy groups -OCH3 is 1. The van der Waals surface area contributed by atoms with Gasteiger partial charge >= 0.3 is 0 Å². The van der Waals surface area contributed by atoms with Crippen molar-refractivity contribution in [1.29, 1.82) is 0 Å². The molecule has 0 spiro atoms. The van der Waals surface area contributed by atoms with E-state index in [9.17, 15) is 4.79 Å². The van der Waals surface area contributed by atoms with Crippen LogP contribution in [0.25, 0.3) is 11.4 Å². The zero-order chi connectivity index (χ0) is 21.4. The van der Waals surface area contributed by atoms with Gasteiger partial charge in [0.1, 0.15) is 11.4 Å². The summed E-state index contributed by atoms with van der Waals surface area (Å²) in [5.41, 5.74) is 3.64. The Hall–Kier alpha value is -3.20. The van der Waals surface area contributed by atoms with Crippen molar-refractivity contribution in [3.05, 3.63) is 47.1 Å². The Labute approximate surface area is 179 Å². The molecule has 0 bridgehead atoms. The van der Waals surface area contributed by atoms with Crippen LogP contribution in [0, 0.1) is 0 Å². The molecule has 0 saturated carbocycles. The Morgan fingerprint density at radius 1 is 1.26 bits per heavy atom. The quantitative estimate of drug-likeness (QED) is 0.636. The van der Waals surface area contributed by atoms with Gasteiger partial charge in [-0.2, -0.15) is 10.1 Å². The van der Waals surface area contributed by atoms with Crippen LogP contribution < -0.4 is 4.74 Å². The van der Waals surface area contributed by atoms with Crippen LogP contribution in [0.1, 0.15) is 46.6 Å². The molecule has 1 unspecified atom stereocenters. The fourth-order valence-corrected chi connectivity index (χ4v) is 4.33. The van der Waals surface area contributed by atoms with E-state index in [4.69, 9.17) is 14.0 Å². The Kier molecular flexibility index (Phi) is 5.19. The number of aryl methyl sites for hydroxylation is 2. The second-order valence-corrected chi connectivity index (χ2v) is 7.90. The number of fused-ring (bicyclic) bond motifs is 1. The molecule has 1 aliphatic heterocycles. The summed E-state index contributed by atoms with van der Waals surface area (Å²) >= 11 is 0. The largest absolute Gasteiger partial charge is 0.497 e. The van der Waals surface area contributed by atoms with E-state index in [-0.39, 0.29) is 5.91 Å². The van der Waals surface area contributed by atoms with Gasteiger partial charge < -0.3 is 18.9 Å². The third-order valence-electron chi connectivity index (χ3n) is 5.92. The third kappa shape index (κ3) is 3.69. The molecule has 3 heterocycles. The Morgan fingerprint density at radius 2 is 2.13 bits per heavy atom. The molecular formula is C22H25N5O4. The summed E-state index contributed by atoms with van der Waals surface area (Å²) in [6.07, 6.45) is 3.61. The summed E-state index contributed by atoms with van der Waals surface area (Å²) in [5.74, 6) is 1.53. The number of rotatable bonds is 4. The van der Waals surface area contributed by atoms with Crippen LogP contribution in [0.4, 0.5) is 0 Å². The lowest BCUT2D eigenvalue weighted by molar-refractivity contribution is -0.0370. The zero-order valence-electron chi connectivity index (χ0n) is 17.7. The first-order valence-corrected chi connectivity index (χ1v) is 10.6. The number of hydrogen-bond acceptors (Lipinski definition) is 7. The van der Waals surface area contributed by atoms with Crippen molar-refractivity contribution in [2.24, 2.45) is 7.05 Å². The number of amides is 1. The second-order valence-electron chi connectivity index (χ2n) is 7.90. The Morgan fingerprint density at radius 3 is 3.00 bits per heavy atom. The zero-order valence-corrected chi connectivity index (χ0v) is 17.7. The van der Waals surface area contributed by atoms with E-state index in [0.29, 0.717) is 42.9 Å². The lowest BCUT2D eigenvalue weighted by Crippen LogP contribution is -2.43. The maximum absolute atomic E-state index is 13.4. The molecule has 1 fully saturated rings. The van der Waals surface area contributed by atoms with Crippen molar-refractivity contribution in [3.8, 4) is 17.1 Å². The maximum atomic E-state index is 13.4. The van der Waals surface area contributed by atoms with Crippen LogP contribution in [0.15, 0.2) is 28.8 Å². The maximum Gasteiger partial charge on any atom is 0.272 e. The molecule has 1 aliphatic carbocycles. The fraction of sp³-hybridized carbons (Fsp3) is 0.455. The van der Waals surface area contributed by atoms with Gasteiger partial charge in [0.05, 0.1) is 26.0 Å². The average Bonchev–Trinajstić information content (AvgIpc) is 3.43. The number of carbonyl (C=O) groups excluding carboxylic acids is 1. The molecule has 5 rings (SSSR count). The van der Waals surface area contributed by atoms with E-state index in [1.165, 1.54) is 0 Å². The van der Waals surface area contributed by atoms with E-state index in [0.717, 1.165) is 42.5 Å². The van der Waals surface area contributed by atoms with Crippen molar-refractivity contribution in [2.75, 3.05) is 26.8 Å². The highest BCUT2D eigenvalue weighted by Crippen LogP contribution is 2.28. The number of benzene rings is 1. The van der Waals surface area contributed by atoms with Crippen LogP contribution in [0.5, 0.6) is 5.75 Å². The number of hydrogen-bond donors (Lipinski definition) is 0. The van der Waals surface area contributed by atoms with Crippen LogP contribution >= 0.6 is 0 Å². The predicted molar refractivity (Wildman–Crippen MR) is 111 cm³/mol. The minimum absolute atomic E-state index is 0.0148. The van der Waals surface area contributed by atoms with E-state index >= 15 is 0 Å². The molecule has 3 aromatic rings. The highest BCUT2D eigenvalue weighted by molar-refractivity contribution is 5.94. The molecule has 1 saturated heterocycles. The van der Waals surface area contributed by atoms with Gasteiger partial charge in [0.2, 0.25) is 5.82 Å². The molecule has 9 nitrogen and oxygen atoms in total. The summed E-state index contributed by atoms with van der Waals surface area (Å²) in [6.45, 7) is 1.29. The van der Waals surface area contributed by atoms with E-state index in [1.807, 2.05) is 31.3 Å². The van der Waals surface area contributed by atoms with Gasteiger partial charge in [-0.15, -0.1) is 0 Å². The number of nitrogens with zero attached hydrogens (tertiary/aromatic N) is 5. The molecule has 2 aliphatic rings. The lowest BCUT2D eigenvalue weighted by Gasteiger charge is -2.31. The van der Waals surface area contributed by atoms with Gasteiger partial charge in [0, 0.05) is 24.7 Å². The SMILES string of the molecule is COc1cccc(-c2noc(C3CN(C(=O)c4c5c(nn4C)CCCC5)CCO3)n2)c1. The van der Waals surface area contributed by atoms with Crippen LogP contribution in [-0.2, 0) is 24.6 Å². The summed E-state index contributed by atoms with van der Waals surface area (Å²) in [5, 5.41) is 8.67. The fourth-order valence-electron chi connectivity index (χ4n) is 4.33. The Bertz CT molecular complexity index is 1110. The average molecular weight is 423 g/mol. The molecule has 1 amide bonds. The summed E-state index contributed by atoms with van der Waals surface area (Å²) in [6, 6.07) is 7.46. The lowest BCUT2D eigenvalue weighted by atomic mass is 9.95. The first-order chi connectivity index (χ1) is 15.1. The van der Waals surface area contributed by atoms with Crippen molar-refractivity contribution >= 4 is 5.91 Å². The minimum atomic E-state index is -0.464.